The SMILES string of the molecule is O=C(NCC1(C(=O)O)CCOCC1)c1cc2ccccc2s1. The van der Waals surface area contributed by atoms with Gasteiger partial charge in [0, 0.05) is 24.5 Å². The summed E-state index contributed by atoms with van der Waals surface area (Å²) >= 11 is 1.42. The van der Waals surface area contributed by atoms with Crippen molar-refractivity contribution in [2.45, 2.75) is 12.8 Å². The van der Waals surface area contributed by atoms with Crippen LogP contribution in [0, 0.1) is 5.41 Å². The quantitative estimate of drug-likeness (QED) is 0.908. The van der Waals surface area contributed by atoms with Crippen molar-refractivity contribution in [3.8, 4) is 0 Å². The Balaban J connectivity index is 1.72. The van der Waals surface area contributed by atoms with Crippen LogP contribution in [0.25, 0.3) is 10.1 Å². The summed E-state index contributed by atoms with van der Waals surface area (Å²) in [6, 6.07) is 9.63. The van der Waals surface area contributed by atoms with Crippen molar-refractivity contribution in [1.82, 2.24) is 5.32 Å². The van der Waals surface area contributed by atoms with Crippen molar-refractivity contribution in [3.63, 3.8) is 0 Å². The molecule has 1 fully saturated rings. The van der Waals surface area contributed by atoms with Gasteiger partial charge in [-0.3, -0.25) is 9.59 Å². The van der Waals surface area contributed by atoms with Gasteiger partial charge < -0.3 is 15.2 Å². The zero-order valence-electron chi connectivity index (χ0n) is 12.0. The van der Waals surface area contributed by atoms with Crippen LogP contribution in [-0.4, -0.2) is 36.7 Å². The molecule has 6 heteroatoms. The summed E-state index contributed by atoms with van der Waals surface area (Å²) < 4.78 is 6.28. The zero-order valence-corrected chi connectivity index (χ0v) is 12.8. The molecule has 1 amide bonds. The van der Waals surface area contributed by atoms with Crippen LogP contribution < -0.4 is 5.32 Å². The van der Waals surface area contributed by atoms with Gasteiger partial charge in [0.15, 0.2) is 0 Å². The predicted molar refractivity (Wildman–Crippen MR) is 84.3 cm³/mol. The number of aliphatic carboxylic acids is 1. The van der Waals surface area contributed by atoms with Gasteiger partial charge in [-0.1, -0.05) is 18.2 Å². The van der Waals surface area contributed by atoms with E-state index in [2.05, 4.69) is 5.32 Å². The number of benzene rings is 1. The molecule has 116 valence electrons. The summed E-state index contributed by atoms with van der Waals surface area (Å²) in [6.07, 6.45) is 0.851. The predicted octanol–water partition coefficient (Wildman–Crippen LogP) is 2.51. The number of hydrogen-bond acceptors (Lipinski definition) is 4. The molecule has 5 nitrogen and oxygen atoms in total. The Morgan fingerprint density at radius 2 is 2.00 bits per heavy atom. The van der Waals surface area contributed by atoms with E-state index >= 15 is 0 Å². The van der Waals surface area contributed by atoms with Crippen LogP contribution in [0.4, 0.5) is 0 Å². The van der Waals surface area contributed by atoms with E-state index in [1.165, 1.54) is 11.3 Å². The Morgan fingerprint density at radius 3 is 2.68 bits per heavy atom. The highest BCUT2D eigenvalue weighted by atomic mass is 32.1. The molecular formula is C16H17NO4S. The number of carboxylic acids is 1. The summed E-state index contributed by atoms with van der Waals surface area (Å²) in [5.41, 5.74) is -0.912. The molecule has 0 bridgehead atoms. The van der Waals surface area contributed by atoms with E-state index in [-0.39, 0.29) is 12.5 Å². The van der Waals surface area contributed by atoms with Gasteiger partial charge in [0.2, 0.25) is 0 Å². The van der Waals surface area contributed by atoms with Crippen LogP contribution in [0.3, 0.4) is 0 Å². The molecule has 1 aliphatic rings. The third-order valence-electron chi connectivity index (χ3n) is 4.14. The van der Waals surface area contributed by atoms with Crippen molar-refractivity contribution in [2.24, 2.45) is 5.41 Å². The maximum Gasteiger partial charge on any atom is 0.311 e. The van der Waals surface area contributed by atoms with Gasteiger partial charge in [0.1, 0.15) is 0 Å². The fourth-order valence-corrected chi connectivity index (χ4v) is 3.64. The summed E-state index contributed by atoms with van der Waals surface area (Å²) in [4.78, 5) is 24.5. The van der Waals surface area contributed by atoms with Crippen LogP contribution in [0.1, 0.15) is 22.5 Å². The second kappa shape index (κ2) is 6.06. The highest BCUT2D eigenvalue weighted by molar-refractivity contribution is 7.20. The molecule has 1 aromatic heterocycles. The van der Waals surface area contributed by atoms with Crippen LogP contribution in [0.2, 0.25) is 0 Å². The molecule has 0 radical (unpaired) electrons. The molecule has 1 saturated heterocycles. The van der Waals surface area contributed by atoms with Crippen molar-refractivity contribution in [2.75, 3.05) is 19.8 Å². The van der Waals surface area contributed by atoms with Crippen LogP contribution in [-0.2, 0) is 9.53 Å². The van der Waals surface area contributed by atoms with Gasteiger partial charge in [-0.2, -0.15) is 0 Å². The first kappa shape index (κ1) is 15.0. The standard InChI is InChI=1S/C16H17NO4S/c18-14(13-9-11-3-1-2-4-12(11)22-13)17-10-16(15(19)20)5-7-21-8-6-16/h1-4,9H,5-8,10H2,(H,17,18)(H,19,20). The zero-order chi connectivity index (χ0) is 15.6. The first-order valence-corrected chi connectivity index (χ1v) is 8.00. The molecule has 1 aromatic carbocycles. The molecular weight excluding hydrogens is 302 g/mol. The molecule has 0 aliphatic carbocycles. The second-order valence-corrected chi connectivity index (χ2v) is 6.61. The highest BCUT2D eigenvalue weighted by Gasteiger charge is 2.40. The van der Waals surface area contributed by atoms with Crippen molar-refractivity contribution < 1.29 is 19.4 Å². The van der Waals surface area contributed by atoms with Gasteiger partial charge in [-0.15, -0.1) is 11.3 Å². The molecule has 0 unspecified atom stereocenters. The summed E-state index contributed by atoms with van der Waals surface area (Å²) in [7, 11) is 0. The lowest BCUT2D eigenvalue weighted by Crippen LogP contribution is -2.46. The van der Waals surface area contributed by atoms with E-state index in [0.29, 0.717) is 30.9 Å². The fourth-order valence-electron chi connectivity index (χ4n) is 2.66. The molecule has 22 heavy (non-hydrogen) atoms. The summed E-state index contributed by atoms with van der Waals surface area (Å²) in [5.74, 6) is -1.08. The highest BCUT2D eigenvalue weighted by Crippen LogP contribution is 2.31. The van der Waals surface area contributed by atoms with Crippen LogP contribution in [0.15, 0.2) is 30.3 Å². The lowest BCUT2D eigenvalue weighted by molar-refractivity contribution is -0.154. The molecule has 0 spiro atoms. The first-order valence-electron chi connectivity index (χ1n) is 7.19. The van der Waals surface area contributed by atoms with Gasteiger partial charge in [-0.25, -0.2) is 0 Å². The Hall–Kier alpha value is -1.92. The summed E-state index contributed by atoms with van der Waals surface area (Å²) in [5, 5.41) is 13.3. The lowest BCUT2D eigenvalue weighted by atomic mass is 9.80. The average Bonchev–Trinajstić information content (AvgIpc) is 2.97. The number of thiophene rings is 1. The van der Waals surface area contributed by atoms with Gasteiger partial charge >= 0.3 is 5.97 Å². The number of amides is 1. The van der Waals surface area contributed by atoms with Crippen molar-refractivity contribution in [3.05, 3.63) is 35.2 Å². The Bertz CT molecular complexity index is 670. The minimum absolute atomic E-state index is 0.138. The smallest absolute Gasteiger partial charge is 0.311 e. The monoisotopic (exact) mass is 319 g/mol. The van der Waals surface area contributed by atoms with E-state index < -0.39 is 11.4 Å². The Morgan fingerprint density at radius 1 is 1.27 bits per heavy atom. The minimum Gasteiger partial charge on any atom is -0.481 e. The van der Waals surface area contributed by atoms with E-state index in [1.54, 1.807) is 0 Å². The molecule has 2 aromatic rings. The fraction of sp³-hybridized carbons (Fsp3) is 0.375. The number of carbonyl (C=O) groups is 2. The molecule has 1 aliphatic heterocycles. The average molecular weight is 319 g/mol. The normalized spacial score (nSPS) is 17.3. The van der Waals surface area contributed by atoms with E-state index in [4.69, 9.17) is 4.74 Å². The van der Waals surface area contributed by atoms with Gasteiger partial charge in [0.25, 0.3) is 5.91 Å². The van der Waals surface area contributed by atoms with E-state index in [1.807, 2.05) is 30.3 Å². The summed E-state index contributed by atoms with van der Waals surface area (Å²) in [6.45, 7) is 0.981. The molecule has 0 saturated carbocycles. The molecule has 0 atom stereocenters. The largest absolute Gasteiger partial charge is 0.481 e. The third-order valence-corrected chi connectivity index (χ3v) is 5.26. The second-order valence-electron chi connectivity index (χ2n) is 5.53. The molecule has 3 rings (SSSR count). The van der Waals surface area contributed by atoms with Crippen LogP contribution in [0.5, 0.6) is 0 Å². The van der Waals surface area contributed by atoms with E-state index in [0.717, 1.165) is 10.1 Å². The number of fused-ring (bicyclic) bond motifs is 1. The molecule has 2 heterocycles. The number of hydrogen-bond donors (Lipinski definition) is 2. The molecule has 2 N–H and O–H groups in total. The Labute approximate surface area is 131 Å². The maximum absolute atomic E-state index is 12.3. The number of carboxylic acid groups (broad SMARTS) is 1. The minimum atomic E-state index is -0.912. The van der Waals surface area contributed by atoms with Gasteiger partial charge in [-0.05, 0) is 30.4 Å². The number of carbonyl (C=O) groups excluding carboxylic acids is 1. The number of rotatable bonds is 4. The van der Waals surface area contributed by atoms with Crippen molar-refractivity contribution >= 4 is 33.3 Å². The third kappa shape index (κ3) is 2.84. The van der Waals surface area contributed by atoms with Gasteiger partial charge in [0.05, 0.1) is 10.3 Å². The topological polar surface area (TPSA) is 75.6 Å². The lowest BCUT2D eigenvalue weighted by Gasteiger charge is -2.33. The first-order chi connectivity index (χ1) is 10.6. The number of ether oxygens (including phenoxy) is 1. The number of nitrogens with one attached hydrogen (secondary N) is 1. The van der Waals surface area contributed by atoms with Crippen molar-refractivity contribution in [1.29, 1.82) is 0 Å². The Kier molecular flexibility index (Phi) is 4.13. The van der Waals surface area contributed by atoms with Crippen LogP contribution >= 0.6 is 11.3 Å². The van der Waals surface area contributed by atoms with E-state index in [9.17, 15) is 14.7 Å². The maximum atomic E-state index is 12.3.